The van der Waals surface area contributed by atoms with Gasteiger partial charge in [0.15, 0.2) is 0 Å². The zero-order valence-electron chi connectivity index (χ0n) is 12.8. The summed E-state index contributed by atoms with van der Waals surface area (Å²) in [6.45, 7) is 12.7. The highest BCUT2D eigenvalue weighted by Crippen LogP contribution is 2.27. The molecule has 1 aromatic heterocycles. The zero-order valence-corrected chi connectivity index (χ0v) is 13.6. The zero-order chi connectivity index (χ0) is 13.9. The Morgan fingerprint density at radius 1 is 1.42 bits per heavy atom. The van der Waals surface area contributed by atoms with Gasteiger partial charge < -0.3 is 5.32 Å². The molecule has 0 aromatic carbocycles. The Morgan fingerprint density at radius 3 is 2.68 bits per heavy atom. The molecular formula is C16H28N2S. The first-order valence-electron chi connectivity index (χ1n) is 7.60. The lowest BCUT2D eigenvalue weighted by Gasteiger charge is -2.49. The highest BCUT2D eigenvalue weighted by Gasteiger charge is 2.37. The van der Waals surface area contributed by atoms with Gasteiger partial charge >= 0.3 is 0 Å². The first-order valence-corrected chi connectivity index (χ1v) is 8.54. The summed E-state index contributed by atoms with van der Waals surface area (Å²) >= 11 is 1.81. The van der Waals surface area contributed by atoms with Crippen LogP contribution in [0.2, 0.25) is 0 Å². The quantitative estimate of drug-likeness (QED) is 0.884. The van der Waals surface area contributed by atoms with Crippen molar-refractivity contribution in [1.29, 1.82) is 0 Å². The average molecular weight is 280 g/mol. The third-order valence-electron chi connectivity index (χ3n) is 4.75. The predicted octanol–water partition coefficient (Wildman–Crippen LogP) is 3.74. The van der Waals surface area contributed by atoms with E-state index in [1.807, 2.05) is 0 Å². The van der Waals surface area contributed by atoms with E-state index in [0.29, 0.717) is 17.5 Å². The Morgan fingerprint density at radius 2 is 2.16 bits per heavy atom. The smallest absolute Gasteiger partial charge is 0.0304 e. The second-order valence-electron chi connectivity index (χ2n) is 6.22. The van der Waals surface area contributed by atoms with Crippen LogP contribution in [0.15, 0.2) is 16.8 Å². The first-order chi connectivity index (χ1) is 9.10. The molecule has 1 fully saturated rings. The molecule has 1 unspecified atom stereocenters. The van der Waals surface area contributed by atoms with Crippen molar-refractivity contribution in [2.45, 2.75) is 58.7 Å². The van der Waals surface area contributed by atoms with Gasteiger partial charge in [0.05, 0.1) is 0 Å². The predicted molar refractivity (Wildman–Crippen MR) is 84.7 cm³/mol. The minimum Gasteiger partial charge on any atom is -0.308 e. The van der Waals surface area contributed by atoms with Gasteiger partial charge in [0.1, 0.15) is 0 Å². The second-order valence-corrected chi connectivity index (χ2v) is 7.00. The molecule has 0 saturated carbocycles. The Balaban J connectivity index is 2.12. The van der Waals surface area contributed by atoms with Crippen LogP contribution >= 0.6 is 11.3 Å². The van der Waals surface area contributed by atoms with Crippen LogP contribution in [-0.2, 0) is 6.54 Å². The maximum Gasteiger partial charge on any atom is 0.0304 e. The molecule has 1 aromatic rings. The molecule has 3 heteroatoms. The lowest BCUT2D eigenvalue weighted by Crippen LogP contribution is -2.64. The molecule has 1 saturated heterocycles. The van der Waals surface area contributed by atoms with Gasteiger partial charge in [-0.05, 0) is 41.1 Å². The van der Waals surface area contributed by atoms with Crippen LogP contribution in [-0.4, -0.2) is 29.6 Å². The summed E-state index contributed by atoms with van der Waals surface area (Å²) in [5, 5.41) is 8.31. The van der Waals surface area contributed by atoms with E-state index in [4.69, 9.17) is 0 Å². The van der Waals surface area contributed by atoms with Gasteiger partial charge in [-0.3, -0.25) is 4.90 Å². The van der Waals surface area contributed by atoms with E-state index >= 15 is 0 Å². The summed E-state index contributed by atoms with van der Waals surface area (Å²) in [7, 11) is 0. The number of hydrogen-bond donors (Lipinski definition) is 1. The molecule has 0 radical (unpaired) electrons. The summed E-state index contributed by atoms with van der Waals surface area (Å²) < 4.78 is 0. The van der Waals surface area contributed by atoms with Crippen LogP contribution in [0.4, 0.5) is 0 Å². The molecule has 0 amide bonds. The van der Waals surface area contributed by atoms with Gasteiger partial charge in [-0.2, -0.15) is 11.3 Å². The molecule has 1 aliphatic rings. The normalized spacial score (nSPS) is 23.9. The third kappa shape index (κ3) is 3.39. The van der Waals surface area contributed by atoms with Crippen molar-refractivity contribution in [2.24, 2.45) is 5.92 Å². The lowest BCUT2D eigenvalue weighted by molar-refractivity contribution is 0.0444. The standard InChI is InChI=1S/C16H28N2S/c1-5-16(6-2)12-18(10-14-7-8-19-11-14)15(9-17-16)13(3)4/h7-8,11,13,15,17H,5-6,9-10,12H2,1-4H3. The second kappa shape index (κ2) is 6.38. The summed E-state index contributed by atoms with van der Waals surface area (Å²) in [5.41, 5.74) is 1.79. The van der Waals surface area contributed by atoms with Crippen molar-refractivity contribution < 1.29 is 0 Å². The Labute approximate surface area is 122 Å². The highest BCUT2D eigenvalue weighted by molar-refractivity contribution is 7.07. The molecule has 2 rings (SSSR count). The molecule has 2 nitrogen and oxygen atoms in total. The molecule has 0 spiro atoms. The maximum atomic E-state index is 3.83. The van der Waals surface area contributed by atoms with E-state index in [1.54, 1.807) is 11.3 Å². The number of hydrogen-bond acceptors (Lipinski definition) is 3. The molecular weight excluding hydrogens is 252 g/mol. The van der Waals surface area contributed by atoms with Crippen LogP contribution in [0.25, 0.3) is 0 Å². The van der Waals surface area contributed by atoms with Crippen molar-refractivity contribution in [3.05, 3.63) is 22.4 Å². The summed E-state index contributed by atoms with van der Waals surface area (Å²) in [6, 6.07) is 2.93. The average Bonchev–Trinajstić information content (AvgIpc) is 2.91. The maximum absolute atomic E-state index is 3.83. The van der Waals surface area contributed by atoms with Crippen LogP contribution in [0.3, 0.4) is 0 Å². The topological polar surface area (TPSA) is 15.3 Å². The van der Waals surface area contributed by atoms with Gasteiger partial charge in [0, 0.05) is 31.2 Å². The first kappa shape index (κ1) is 15.0. The number of nitrogens with zero attached hydrogens (tertiary/aromatic N) is 1. The third-order valence-corrected chi connectivity index (χ3v) is 5.48. The number of rotatable bonds is 5. The molecule has 1 N–H and O–H groups in total. The van der Waals surface area contributed by atoms with Crippen molar-refractivity contribution in [2.75, 3.05) is 13.1 Å². The fourth-order valence-electron chi connectivity index (χ4n) is 3.18. The van der Waals surface area contributed by atoms with E-state index in [9.17, 15) is 0 Å². The Hall–Kier alpha value is -0.380. The fourth-order valence-corrected chi connectivity index (χ4v) is 3.84. The largest absolute Gasteiger partial charge is 0.308 e. The minimum absolute atomic E-state index is 0.321. The van der Waals surface area contributed by atoms with Gasteiger partial charge in [0.2, 0.25) is 0 Å². The Bertz CT molecular complexity index is 368. The number of nitrogens with one attached hydrogen (secondary N) is 1. The monoisotopic (exact) mass is 280 g/mol. The molecule has 0 bridgehead atoms. The van der Waals surface area contributed by atoms with Gasteiger partial charge in [-0.1, -0.05) is 27.7 Å². The van der Waals surface area contributed by atoms with Crippen LogP contribution in [0, 0.1) is 5.92 Å². The number of piperazine rings is 1. The molecule has 19 heavy (non-hydrogen) atoms. The molecule has 108 valence electrons. The number of thiophene rings is 1. The van der Waals surface area contributed by atoms with Crippen LogP contribution in [0.5, 0.6) is 0 Å². The van der Waals surface area contributed by atoms with Gasteiger partial charge in [-0.25, -0.2) is 0 Å². The van der Waals surface area contributed by atoms with Crippen molar-refractivity contribution in [3.8, 4) is 0 Å². The Kier molecular flexibility index (Phi) is 5.04. The van der Waals surface area contributed by atoms with Gasteiger partial charge in [-0.15, -0.1) is 0 Å². The van der Waals surface area contributed by atoms with E-state index in [0.717, 1.165) is 13.1 Å². The SMILES string of the molecule is CCC1(CC)CN(Cc2ccsc2)C(C(C)C)CN1. The van der Waals surface area contributed by atoms with E-state index in [-0.39, 0.29) is 0 Å². The lowest BCUT2D eigenvalue weighted by atomic mass is 9.86. The van der Waals surface area contributed by atoms with Crippen molar-refractivity contribution >= 4 is 11.3 Å². The summed E-state index contributed by atoms with van der Waals surface area (Å²) in [5.74, 6) is 0.706. The molecule has 1 aliphatic heterocycles. The van der Waals surface area contributed by atoms with Crippen LogP contribution < -0.4 is 5.32 Å². The van der Waals surface area contributed by atoms with E-state index in [2.05, 4.69) is 54.7 Å². The van der Waals surface area contributed by atoms with E-state index < -0.39 is 0 Å². The fraction of sp³-hybridized carbons (Fsp3) is 0.750. The molecule has 1 atom stereocenters. The minimum atomic E-state index is 0.321. The molecule has 2 heterocycles. The summed E-state index contributed by atoms with van der Waals surface area (Å²) in [6.07, 6.45) is 2.43. The highest BCUT2D eigenvalue weighted by atomic mass is 32.1. The van der Waals surface area contributed by atoms with Crippen molar-refractivity contribution in [1.82, 2.24) is 10.2 Å². The summed E-state index contributed by atoms with van der Waals surface area (Å²) in [4.78, 5) is 2.70. The molecule has 0 aliphatic carbocycles. The van der Waals surface area contributed by atoms with Crippen LogP contribution in [0.1, 0.15) is 46.1 Å². The van der Waals surface area contributed by atoms with E-state index in [1.165, 1.54) is 24.9 Å². The van der Waals surface area contributed by atoms with Gasteiger partial charge in [0.25, 0.3) is 0 Å². The van der Waals surface area contributed by atoms with Crippen molar-refractivity contribution in [3.63, 3.8) is 0 Å².